The molecule has 0 aliphatic carbocycles. The van der Waals surface area contributed by atoms with Crippen molar-refractivity contribution in [3.8, 4) is 11.8 Å². The smallest absolute Gasteiger partial charge is 0.0374 e. The highest BCUT2D eigenvalue weighted by atomic mass is 14.6. The molecule has 18 heavy (non-hydrogen) atoms. The lowest BCUT2D eigenvalue weighted by Gasteiger charge is -2.04. The minimum absolute atomic E-state index is 0.750. The standard InChI is InChI=1S/C16H16N2/c1-11-9-14(10-12(2)16(11)18)4-3-13-5-7-15(17)8-6-13/h5-10H,17-18H2,1-2H3. The monoisotopic (exact) mass is 236 g/mol. The van der Waals surface area contributed by atoms with Gasteiger partial charge in [-0.1, -0.05) is 11.8 Å². The zero-order valence-electron chi connectivity index (χ0n) is 10.6. The normalized spacial score (nSPS) is 9.67. The molecule has 0 bridgehead atoms. The summed E-state index contributed by atoms with van der Waals surface area (Å²) in [4.78, 5) is 0. The van der Waals surface area contributed by atoms with Gasteiger partial charge < -0.3 is 11.5 Å². The van der Waals surface area contributed by atoms with Crippen LogP contribution in [0.15, 0.2) is 36.4 Å². The maximum absolute atomic E-state index is 5.91. The number of rotatable bonds is 0. The lowest BCUT2D eigenvalue weighted by molar-refractivity contribution is 1.37. The van der Waals surface area contributed by atoms with Gasteiger partial charge in [-0.05, 0) is 61.4 Å². The average Bonchev–Trinajstić information content (AvgIpc) is 2.35. The van der Waals surface area contributed by atoms with Gasteiger partial charge >= 0.3 is 0 Å². The summed E-state index contributed by atoms with van der Waals surface area (Å²) < 4.78 is 0. The van der Waals surface area contributed by atoms with Crippen LogP contribution in [-0.2, 0) is 0 Å². The van der Waals surface area contributed by atoms with Crippen LogP contribution in [-0.4, -0.2) is 0 Å². The van der Waals surface area contributed by atoms with Crippen LogP contribution in [0.3, 0.4) is 0 Å². The number of hydrogen-bond acceptors (Lipinski definition) is 2. The Morgan fingerprint density at radius 1 is 0.778 bits per heavy atom. The zero-order chi connectivity index (χ0) is 13.1. The molecule has 0 saturated heterocycles. The van der Waals surface area contributed by atoms with Crippen molar-refractivity contribution < 1.29 is 0 Å². The van der Waals surface area contributed by atoms with E-state index in [-0.39, 0.29) is 0 Å². The van der Waals surface area contributed by atoms with E-state index in [1.165, 1.54) is 0 Å². The Labute approximate surface area is 108 Å². The molecule has 0 saturated carbocycles. The molecule has 4 N–H and O–H groups in total. The molecule has 2 rings (SSSR count). The van der Waals surface area contributed by atoms with Crippen molar-refractivity contribution in [3.63, 3.8) is 0 Å². The maximum Gasteiger partial charge on any atom is 0.0374 e. The third-order valence-corrected chi connectivity index (χ3v) is 2.86. The molecule has 0 unspecified atom stereocenters. The predicted molar refractivity (Wildman–Crippen MR) is 77.2 cm³/mol. The first-order valence-electron chi connectivity index (χ1n) is 5.80. The highest BCUT2D eigenvalue weighted by Gasteiger charge is 1.99. The van der Waals surface area contributed by atoms with Crippen molar-refractivity contribution in [1.29, 1.82) is 0 Å². The summed E-state index contributed by atoms with van der Waals surface area (Å²) in [7, 11) is 0. The molecule has 0 radical (unpaired) electrons. The van der Waals surface area contributed by atoms with Crippen LogP contribution in [0.25, 0.3) is 0 Å². The third-order valence-electron chi connectivity index (χ3n) is 2.86. The minimum atomic E-state index is 0.750. The maximum atomic E-state index is 5.91. The van der Waals surface area contributed by atoms with Gasteiger partial charge in [0.1, 0.15) is 0 Å². The van der Waals surface area contributed by atoms with E-state index in [9.17, 15) is 0 Å². The van der Waals surface area contributed by atoms with Gasteiger partial charge in [0.2, 0.25) is 0 Å². The third kappa shape index (κ3) is 2.64. The lowest BCUT2D eigenvalue weighted by Crippen LogP contribution is -1.94. The van der Waals surface area contributed by atoms with E-state index in [0.717, 1.165) is 33.6 Å². The first-order chi connectivity index (χ1) is 8.56. The second-order valence-electron chi connectivity index (χ2n) is 4.40. The number of nitrogens with two attached hydrogens (primary N) is 2. The highest BCUT2D eigenvalue weighted by molar-refractivity contribution is 5.58. The van der Waals surface area contributed by atoms with Gasteiger partial charge in [0.15, 0.2) is 0 Å². The molecule has 0 heterocycles. The molecule has 2 heteroatoms. The average molecular weight is 236 g/mol. The van der Waals surface area contributed by atoms with Crippen LogP contribution in [0.2, 0.25) is 0 Å². The van der Waals surface area contributed by atoms with Gasteiger partial charge in [-0.3, -0.25) is 0 Å². The fourth-order valence-corrected chi connectivity index (χ4v) is 1.76. The summed E-state index contributed by atoms with van der Waals surface area (Å²) in [6, 6.07) is 11.5. The summed E-state index contributed by atoms with van der Waals surface area (Å²) >= 11 is 0. The molecule has 0 spiro atoms. The van der Waals surface area contributed by atoms with Crippen molar-refractivity contribution in [2.75, 3.05) is 11.5 Å². The van der Waals surface area contributed by atoms with E-state index in [2.05, 4.69) is 11.8 Å². The van der Waals surface area contributed by atoms with Crippen molar-refractivity contribution in [2.24, 2.45) is 0 Å². The van der Waals surface area contributed by atoms with Crippen LogP contribution in [0.4, 0.5) is 11.4 Å². The lowest BCUT2D eigenvalue weighted by atomic mass is 10.0. The molecule has 0 amide bonds. The van der Waals surface area contributed by atoms with E-state index in [1.54, 1.807) is 0 Å². The van der Waals surface area contributed by atoms with E-state index < -0.39 is 0 Å². The molecule has 0 aromatic heterocycles. The van der Waals surface area contributed by atoms with Gasteiger partial charge in [-0.2, -0.15) is 0 Å². The van der Waals surface area contributed by atoms with Crippen molar-refractivity contribution >= 4 is 11.4 Å². The van der Waals surface area contributed by atoms with E-state index in [1.807, 2.05) is 50.2 Å². The largest absolute Gasteiger partial charge is 0.399 e. The van der Waals surface area contributed by atoms with Gasteiger partial charge in [-0.15, -0.1) is 0 Å². The van der Waals surface area contributed by atoms with Crippen molar-refractivity contribution in [3.05, 3.63) is 58.7 Å². The SMILES string of the molecule is Cc1cc(C#Cc2ccc(N)cc2)cc(C)c1N. The highest BCUT2D eigenvalue weighted by Crippen LogP contribution is 2.18. The molecule has 0 atom stereocenters. The van der Waals surface area contributed by atoms with Gasteiger partial charge in [0.25, 0.3) is 0 Å². The topological polar surface area (TPSA) is 52.0 Å². The molecule has 2 aromatic carbocycles. The van der Waals surface area contributed by atoms with Crippen LogP contribution in [0.5, 0.6) is 0 Å². The number of aryl methyl sites for hydroxylation is 2. The molecule has 2 nitrogen and oxygen atoms in total. The molecule has 0 aliphatic rings. The Bertz CT molecular complexity index is 605. The summed E-state index contributed by atoms with van der Waals surface area (Å²) in [5.74, 6) is 6.26. The van der Waals surface area contributed by atoms with Crippen LogP contribution in [0.1, 0.15) is 22.3 Å². The first-order valence-corrected chi connectivity index (χ1v) is 5.80. The molecule has 0 fully saturated rings. The van der Waals surface area contributed by atoms with Gasteiger partial charge in [0.05, 0.1) is 0 Å². The number of benzene rings is 2. The molecule has 0 aliphatic heterocycles. The van der Waals surface area contributed by atoms with Crippen LogP contribution in [0, 0.1) is 25.7 Å². The summed E-state index contributed by atoms with van der Waals surface area (Å²) in [5.41, 5.74) is 17.2. The van der Waals surface area contributed by atoms with Crippen molar-refractivity contribution in [2.45, 2.75) is 13.8 Å². The first kappa shape index (κ1) is 12.1. The zero-order valence-corrected chi connectivity index (χ0v) is 10.6. The Morgan fingerprint density at radius 3 is 1.83 bits per heavy atom. The molecule has 2 aromatic rings. The minimum Gasteiger partial charge on any atom is -0.399 e. The van der Waals surface area contributed by atoms with E-state index >= 15 is 0 Å². The van der Waals surface area contributed by atoms with Gasteiger partial charge in [0, 0.05) is 22.5 Å². The fraction of sp³-hybridized carbons (Fsp3) is 0.125. The van der Waals surface area contributed by atoms with Crippen LogP contribution < -0.4 is 11.5 Å². The van der Waals surface area contributed by atoms with Crippen LogP contribution >= 0.6 is 0 Å². The second kappa shape index (κ2) is 4.85. The Kier molecular flexibility index (Phi) is 3.25. The summed E-state index contributed by atoms with van der Waals surface area (Å²) in [5, 5.41) is 0. The number of hydrogen-bond donors (Lipinski definition) is 2. The summed E-state index contributed by atoms with van der Waals surface area (Å²) in [6.45, 7) is 3.99. The Morgan fingerprint density at radius 2 is 1.28 bits per heavy atom. The number of nitrogen functional groups attached to an aromatic ring is 2. The quantitative estimate of drug-likeness (QED) is 0.546. The second-order valence-corrected chi connectivity index (χ2v) is 4.40. The van der Waals surface area contributed by atoms with E-state index in [0.29, 0.717) is 0 Å². The summed E-state index contributed by atoms with van der Waals surface area (Å²) in [6.07, 6.45) is 0. The van der Waals surface area contributed by atoms with Gasteiger partial charge in [-0.25, -0.2) is 0 Å². The fourth-order valence-electron chi connectivity index (χ4n) is 1.76. The van der Waals surface area contributed by atoms with E-state index in [4.69, 9.17) is 11.5 Å². The Hall–Kier alpha value is -2.40. The molecule has 90 valence electrons. The van der Waals surface area contributed by atoms with Crippen molar-refractivity contribution in [1.82, 2.24) is 0 Å². The number of anilines is 2. The molecular weight excluding hydrogens is 220 g/mol. The Balaban J connectivity index is 2.33. The predicted octanol–water partition coefficient (Wildman–Crippen LogP) is 2.87. The molecular formula is C16H16N2.